The minimum absolute atomic E-state index is 0.0606. The minimum Gasteiger partial charge on any atom is -0.394 e. The van der Waals surface area contributed by atoms with Gasteiger partial charge in [-0.1, -0.05) is 219 Å². The molecular formula is C43H85NO3. The van der Waals surface area contributed by atoms with Crippen molar-refractivity contribution in [3.8, 4) is 0 Å². The summed E-state index contributed by atoms with van der Waals surface area (Å²) in [5, 5.41) is 23.0. The molecule has 0 fully saturated rings. The molecule has 0 saturated heterocycles. The van der Waals surface area contributed by atoms with E-state index in [9.17, 15) is 15.0 Å². The van der Waals surface area contributed by atoms with Gasteiger partial charge in [0.05, 0.1) is 18.8 Å². The molecule has 0 aliphatic carbocycles. The number of nitrogens with one attached hydrogen (secondary N) is 1. The Kier molecular flexibility index (Phi) is 37.2. The van der Waals surface area contributed by atoms with Gasteiger partial charge in [0, 0.05) is 6.42 Å². The molecule has 0 saturated carbocycles. The van der Waals surface area contributed by atoms with Gasteiger partial charge in [-0.15, -0.1) is 0 Å². The van der Waals surface area contributed by atoms with Crippen molar-refractivity contribution in [1.29, 1.82) is 0 Å². The highest BCUT2D eigenvalue weighted by atomic mass is 16.3. The lowest BCUT2D eigenvalue weighted by atomic mass is 10.0. The van der Waals surface area contributed by atoms with E-state index in [1.165, 1.54) is 180 Å². The monoisotopic (exact) mass is 664 g/mol. The van der Waals surface area contributed by atoms with Crippen molar-refractivity contribution in [3.63, 3.8) is 0 Å². The van der Waals surface area contributed by atoms with Crippen LogP contribution in [0.3, 0.4) is 0 Å². The standard InChI is InChI=1S/C43H85NO3/c1-4-5-6-7-8-9-10-11-12-13-14-15-16-20-23-26-29-32-35-38-43(47)44-41(39-45)42(46)37-34-31-28-25-22-19-17-18-21-24-27-30-33-36-40(2)3/h34,37,40-42,45-46H,4-33,35-36,38-39H2,1-3H3,(H,44,47)/b37-34+/t41-,42+/m0/s1. The van der Waals surface area contributed by atoms with Crippen LogP contribution in [0.1, 0.15) is 233 Å². The molecule has 47 heavy (non-hydrogen) atoms. The molecular weight excluding hydrogens is 578 g/mol. The van der Waals surface area contributed by atoms with Crippen molar-refractivity contribution >= 4 is 5.91 Å². The zero-order valence-corrected chi connectivity index (χ0v) is 32.2. The van der Waals surface area contributed by atoms with Gasteiger partial charge in [0.15, 0.2) is 0 Å². The third-order valence-electron chi connectivity index (χ3n) is 9.95. The fourth-order valence-corrected chi connectivity index (χ4v) is 6.66. The Hall–Kier alpha value is -0.870. The van der Waals surface area contributed by atoms with Crippen LogP contribution in [0, 0.1) is 5.92 Å². The molecule has 2 atom stereocenters. The Morgan fingerprint density at radius 3 is 1.30 bits per heavy atom. The van der Waals surface area contributed by atoms with Crippen LogP contribution in [0.15, 0.2) is 12.2 Å². The first-order valence-electron chi connectivity index (χ1n) is 21.3. The first-order valence-corrected chi connectivity index (χ1v) is 21.3. The molecule has 1 amide bonds. The smallest absolute Gasteiger partial charge is 0.220 e. The number of amides is 1. The summed E-state index contributed by atoms with van der Waals surface area (Å²) in [7, 11) is 0. The quantitative estimate of drug-likeness (QED) is 0.0455. The first-order chi connectivity index (χ1) is 23.0. The van der Waals surface area contributed by atoms with Crippen molar-refractivity contribution < 1.29 is 15.0 Å². The summed E-state index contributed by atoms with van der Waals surface area (Å²) in [4.78, 5) is 12.4. The van der Waals surface area contributed by atoms with E-state index in [1.54, 1.807) is 6.08 Å². The second kappa shape index (κ2) is 37.9. The first kappa shape index (κ1) is 46.1. The molecule has 0 aromatic rings. The summed E-state index contributed by atoms with van der Waals surface area (Å²) in [6, 6.07) is -0.616. The SMILES string of the molecule is CCCCCCCCCCCCCCCCCCCCCC(=O)N[C@@H](CO)[C@H](O)/C=C/CCCCCCCCCCCCCC(C)C. The number of aliphatic hydroxyl groups excluding tert-OH is 2. The van der Waals surface area contributed by atoms with E-state index in [4.69, 9.17) is 0 Å². The largest absolute Gasteiger partial charge is 0.394 e. The van der Waals surface area contributed by atoms with Crippen LogP contribution in [0.2, 0.25) is 0 Å². The molecule has 0 spiro atoms. The Labute approximate surface area is 295 Å². The number of allylic oxidation sites excluding steroid dienone is 1. The summed E-state index contributed by atoms with van der Waals surface area (Å²) in [5.41, 5.74) is 0. The van der Waals surface area contributed by atoms with Crippen LogP contribution in [0.5, 0.6) is 0 Å². The maximum Gasteiger partial charge on any atom is 0.220 e. The Balaban J connectivity index is 3.54. The van der Waals surface area contributed by atoms with Crippen molar-refractivity contribution in [2.24, 2.45) is 5.92 Å². The van der Waals surface area contributed by atoms with Gasteiger partial charge in [0.25, 0.3) is 0 Å². The highest BCUT2D eigenvalue weighted by molar-refractivity contribution is 5.76. The molecule has 0 rings (SSSR count). The van der Waals surface area contributed by atoms with Gasteiger partial charge in [0.1, 0.15) is 0 Å². The van der Waals surface area contributed by atoms with Crippen LogP contribution >= 0.6 is 0 Å². The van der Waals surface area contributed by atoms with E-state index >= 15 is 0 Å². The van der Waals surface area contributed by atoms with E-state index in [2.05, 4.69) is 26.1 Å². The summed E-state index contributed by atoms with van der Waals surface area (Å²) in [5.74, 6) is 0.790. The van der Waals surface area contributed by atoms with Gasteiger partial charge in [-0.3, -0.25) is 4.79 Å². The summed E-state index contributed by atoms with van der Waals surface area (Å²) in [6.07, 6.45) is 46.0. The summed E-state index contributed by atoms with van der Waals surface area (Å²) >= 11 is 0. The number of carbonyl (C=O) groups excluding carboxylic acids is 1. The molecule has 0 radical (unpaired) electrons. The van der Waals surface area contributed by atoms with E-state index in [1.807, 2.05) is 6.08 Å². The van der Waals surface area contributed by atoms with E-state index in [0.717, 1.165) is 31.6 Å². The molecule has 0 bridgehead atoms. The fourth-order valence-electron chi connectivity index (χ4n) is 6.66. The van der Waals surface area contributed by atoms with E-state index < -0.39 is 12.1 Å². The second-order valence-electron chi connectivity index (χ2n) is 15.2. The highest BCUT2D eigenvalue weighted by Crippen LogP contribution is 2.16. The maximum absolute atomic E-state index is 12.4. The number of unbranched alkanes of at least 4 members (excludes halogenated alkanes) is 29. The zero-order chi connectivity index (χ0) is 34.5. The highest BCUT2D eigenvalue weighted by Gasteiger charge is 2.17. The molecule has 0 aromatic heterocycles. The molecule has 0 heterocycles. The molecule has 280 valence electrons. The minimum atomic E-state index is -0.834. The normalized spacial score (nSPS) is 13.1. The molecule has 0 aliphatic rings. The van der Waals surface area contributed by atoms with Crippen molar-refractivity contribution in [2.75, 3.05) is 6.61 Å². The number of hydrogen-bond acceptors (Lipinski definition) is 3. The predicted octanol–water partition coefficient (Wildman–Crippen LogP) is 12.9. The average Bonchev–Trinajstić information content (AvgIpc) is 3.06. The Morgan fingerprint density at radius 1 is 0.553 bits per heavy atom. The lowest BCUT2D eigenvalue weighted by Gasteiger charge is -2.20. The van der Waals surface area contributed by atoms with Crippen molar-refractivity contribution in [2.45, 2.75) is 245 Å². The number of aliphatic hydroxyl groups is 2. The van der Waals surface area contributed by atoms with Crippen LogP contribution in [-0.4, -0.2) is 34.9 Å². The van der Waals surface area contributed by atoms with Gasteiger partial charge in [-0.25, -0.2) is 0 Å². The lowest BCUT2D eigenvalue weighted by Crippen LogP contribution is -2.45. The predicted molar refractivity (Wildman–Crippen MR) is 207 cm³/mol. The van der Waals surface area contributed by atoms with Crippen molar-refractivity contribution in [3.05, 3.63) is 12.2 Å². The van der Waals surface area contributed by atoms with Gasteiger partial charge in [0.2, 0.25) is 5.91 Å². The van der Waals surface area contributed by atoms with Crippen LogP contribution in [0.25, 0.3) is 0 Å². The summed E-state index contributed by atoms with van der Waals surface area (Å²) < 4.78 is 0. The Bertz CT molecular complexity index is 649. The zero-order valence-electron chi connectivity index (χ0n) is 32.2. The molecule has 4 heteroatoms. The van der Waals surface area contributed by atoms with Crippen LogP contribution in [0.4, 0.5) is 0 Å². The second-order valence-corrected chi connectivity index (χ2v) is 15.2. The fraction of sp³-hybridized carbons (Fsp3) is 0.930. The third kappa shape index (κ3) is 36.2. The molecule has 0 unspecified atom stereocenters. The molecule has 4 nitrogen and oxygen atoms in total. The van der Waals surface area contributed by atoms with E-state index in [0.29, 0.717) is 6.42 Å². The van der Waals surface area contributed by atoms with Gasteiger partial charge >= 0.3 is 0 Å². The molecule has 0 aliphatic heterocycles. The van der Waals surface area contributed by atoms with Crippen LogP contribution in [-0.2, 0) is 4.79 Å². The van der Waals surface area contributed by atoms with Gasteiger partial charge in [-0.2, -0.15) is 0 Å². The van der Waals surface area contributed by atoms with E-state index in [-0.39, 0.29) is 12.5 Å². The average molecular weight is 664 g/mol. The van der Waals surface area contributed by atoms with Gasteiger partial charge in [-0.05, 0) is 25.2 Å². The van der Waals surface area contributed by atoms with Crippen LogP contribution < -0.4 is 5.32 Å². The van der Waals surface area contributed by atoms with Crippen molar-refractivity contribution in [1.82, 2.24) is 5.32 Å². The Morgan fingerprint density at radius 2 is 0.915 bits per heavy atom. The maximum atomic E-state index is 12.4. The topological polar surface area (TPSA) is 69.6 Å². The third-order valence-corrected chi connectivity index (χ3v) is 9.95. The van der Waals surface area contributed by atoms with Gasteiger partial charge < -0.3 is 15.5 Å². The lowest BCUT2D eigenvalue weighted by molar-refractivity contribution is -0.123. The number of hydrogen-bond donors (Lipinski definition) is 3. The number of rotatable bonds is 38. The summed E-state index contributed by atoms with van der Waals surface area (Å²) in [6.45, 7) is 6.68. The number of carbonyl (C=O) groups is 1. The molecule has 3 N–H and O–H groups in total. The molecule has 0 aromatic carbocycles.